The molecule has 1 aromatic rings. The number of halogens is 1. The summed E-state index contributed by atoms with van der Waals surface area (Å²) < 4.78 is 13.9. The molecule has 1 aromatic carbocycles. The maximum absolute atomic E-state index is 13.9. The number of nitrogens with zero attached hydrogens (tertiary/aromatic N) is 1. The Bertz CT molecular complexity index is 501. The highest BCUT2D eigenvalue weighted by molar-refractivity contribution is 5.94. The average Bonchev–Trinajstić information content (AvgIpc) is 2.46. The van der Waals surface area contributed by atoms with Gasteiger partial charge in [-0.15, -0.1) is 0 Å². The van der Waals surface area contributed by atoms with Crippen molar-refractivity contribution >= 4 is 5.91 Å². The molecule has 2 unspecified atom stereocenters. The minimum atomic E-state index is -0.440. The van der Waals surface area contributed by atoms with E-state index >= 15 is 0 Å². The Morgan fingerprint density at radius 2 is 1.90 bits per heavy atom. The predicted octanol–water partition coefficient (Wildman–Crippen LogP) is 2.92. The van der Waals surface area contributed by atoms with Gasteiger partial charge in [-0.05, 0) is 24.0 Å². The van der Waals surface area contributed by atoms with Crippen LogP contribution < -0.4 is 5.32 Å². The standard InChI is InChI=1S/C17H25FN2O/c1-11(2)15-10-20(16(9-19-15)12(3)4)17(21)13-7-5-6-8-14(13)18/h5-8,11-12,15-16,19H,9-10H2,1-4H3. The second kappa shape index (κ2) is 6.56. The average molecular weight is 292 g/mol. The Kier molecular flexibility index (Phi) is 4.99. The number of hydrogen-bond acceptors (Lipinski definition) is 2. The zero-order chi connectivity index (χ0) is 15.6. The van der Waals surface area contributed by atoms with Crippen LogP contribution in [0.5, 0.6) is 0 Å². The lowest BCUT2D eigenvalue weighted by Crippen LogP contribution is -2.61. The van der Waals surface area contributed by atoms with Crippen LogP contribution in [0.4, 0.5) is 4.39 Å². The molecule has 2 rings (SSSR count). The fraction of sp³-hybridized carbons (Fsp3) is 0.588. The molecule has 1 N–H and O–H groups in total. The van der Waals surface area contributed by atoms with Gasteiger partial charge in [0, 0.05) is 25.2 Å². The fourth-order valence-electron chi connectivity index (χ4n) is 2.86. The molecule has 1 aliphatic rings. The minimum absolute atomic E-state index is 0.104. The maximum atomic E-state index is 13.9. The van der Waals surface area contributed by atoms with Crippen LogP contribution in [0.25, 0.3) is 0 Å². The molecule has 2 atom stereocenters. The van der Waals surface area contributed by atoms with Crippen molar-refractivity contribution in [1.29, 1.82) is 0 Å². The van der Waals surface area contributed by atoms with Crippen molar-refractivity contribution in [1.82, 2.24) is 10.2 Å². The van der Waals surface area contributed by atoms with E-state index in [0.29, 0.717) is 18.4 Å². The Labute approximate surface area is 126 Å². The Balaban J connectivity index is 2.27. The molecule has 0 saturated carbocycles. The minimum Gasteiger partial charge on any atom is -0.332 e. The van der Waals surface area contributed by atoms with Crippen molar-refractivity contribution in [2.45, 2.75) is 39.8 Å². The highest BCUT2D eigenvalue weighted by atomic mass is 19.1. The summed E-state index contributed by atoms with van der Waals surface area (Å²) in [5.74, 6) is 0.138. The predicted molar refractivity (Wildman–Crippen MR) is 82.7 cm³/mol. The lowest BCUT2D eigenvalue weighted by molar-refractivity contribution is 0.0471. The molecule has 1 aliphatic heterocycles. The van der Waals surface area contributed by atoms with Gasteiger partial charge in [0.15, 0.2) is 0 Å². The van der Waals surface area contributed by atoms with E-state index in [9.17, 15) is 9.18 Å². The van der Waals surface area contributed by atoms with Gasteiger partial charge in [-0.3, -0.25) is 4.79 Å². The number of nitrogens with one attached hydrogen (secondary N) is 1. The summed E-state index contributed by atoms with van der Waals surface area (Å²) in [4.78, 5) is 14.6. The van der Waals surface area contributed by atoms with Crippen LogP contribution in [-0.2, 0) is 0 Å². The molecule has 4 heteroatoms. The molecule has 1 fully saturated rings. The first-order chi connectivity index (χ1) is 9.91. The first-order valence-electron chi connectivity index (χ1n) is 7.70. The normalized spacial score (nSPS) is 22.9. The third kappa shape index (κ3) is 3.43. The lowest BCUT2D eigenvalue weighted by Gasteiger charge is -2.43. The zero-order valence-corrected chi connectivity index (χ0v) is 13.3. The molecule has 0 aromatic heterocycles. The lowest BCUT2D eigenvalue weighted by atomic mass is 9.93. The van der Waals surface area contributed by atoms with Gasteiger partial charge in [-0.1, -0.05) is 39.8 Å². The van der Waals surface area contributed by atoms with E-state index in [-0.39, 0.29) is 23.6 Å². The molecule has 0 spiro atoms. The Morgan fingerprint density at radius 3 is 2.48 bits per heavy atom. The van der Waals surface area contributed by atoms with Gasteiger partial charge < -0.3 is 10.2 Å². The quantitative estimate of drug-likeness (QED) is 0.929. The van der Waals surface area contributed by atoms with Crippen LogP contribution in [0.15, 0.2) is 24.3 Å². The molecule has 0 bridgehead atoms. The van der Waals surface area contributed by atoms with Crippen LogP contribution in [0.3, 0.4) is 0 Å². The van der Waals surface area contributed by atoms with Crippen molar-refractivity contribution in [3.8, 4) is 0 Å². The summed E-state index contributed by atoms with van der Waals surface area (Å²) in [6.45, 7) is 9.87. The molecule has 3 nitrogen and oxygen atoms in total. The van der Waals surface area contributed by atoms with Gasteiger partial charge in [0.1, 0.15) is 5.82 Å². The number of piperazine rings is 1. The molecule has 116 valence electrons. The Hall–Kier alpha value is -1.42. The SMILES string of the molecule is CC(C)C1CN(C(=O)c2ccccc2F)C(C(C)C)CN1. The van der Waals surface area contributed by atoms with Crippen LogP contribution in [0.2, 0.25) is 0 Å². The van der Waals surface area contributed by atoms with Crippen molar-refractivity contribution in [2.24, 2.45) is 11.8 Å². The molecular formula is C17H25FN2O. The van der Waals surface area contributed by atoms with E-state index in [2.05, 4.69) is 33.0 Å². The molecule has 0 aliphatic carbocycles. The summed E-state index contributed by atoms with van der Waals surface area (Å²) in [7, 11) is 0. The third-order valence-electron chi connectivity index (χ3n) is 4.32. The first-order valence-corrected chi connectivity index (χ1v) is 7.70. The second-order valence-electron chi connectivity index (χ2n) is 6.51. The number of hydrogen-bond donors (Lipinski definition) is 1. The van der Waals surface area contributed by atoms with E-state index in [0.717, 1.165) is 6.54 Å². The fourth-order valence-corrected chi connectivity index (χ4v) is 2.86. The number of carbonyl (C=O) groups excluding carboxylic acids is 1. The van der Waals surface area contributed by atoms with E-state index in [1.165, 1.54) is 6.07 Å². The third-order valence-corrected chi connectivity index (χ3v) is 4.32. The molecule has 1 heterocycles. The zero-order valence-electron chi connectivity index (χ0n) is 13.3. The molecule has 1 amide bonds. The van der Waals surface area contributed by atoms with Gasteiger partial charge in [0.2, 0.25) is 0 Å². The van der Waals surface area contributed by atoms with E-state index < -0.39 is 5.82 Å². The molecule has 1 saturated heterocycles. The summed E-state index contributed by atoms with van der Waals surface area (Å²) in [6, 6.07) is 6.60. The summed E-state index contributed by atoms with van der Waals surface area (Å²) >= 11 is 0. The van der Waals surface area contributed by atoms with Gasteiger partial charge in [0.05, 0.1) is 5.56 Å². The van der Waals surface area contributed by atoms with Crippen molar-refractivity contribution in [3.05, 3.63) is 35.6 Å². The highest BCUT2D eigenvalue weighted by Crippen LogP contribution is 2.21. The van der Waals surface area contributed by atoms with Crippen LogP contribution in [0.1, 0.15) is 38.1 Å². The Morgan fingerprint density at radius 1 is 1.24 bits per heavy atom. The second-order valence-corrected chi connectivity index (χ2v) is 6.51. The van der Waals surface area contributed by atoms with Crippen LogP contribution in [-0.4, -0.2) is 36.0 Å². The van der Waals surface area contributed by atoms with Gasteiger partial charge >= 0.3 is 0 Å². The molecular weight excluding hydrogens is 267 g/mol. The largest absolute Gasteiger partial charge is 0.332 e. The van der Waals surface area contributed by atoms with Gasteiger partial charge in [0.25, 0.3) is 5.91 Å². The van der Waals surface area contributed by atoms with Gasteiger partial charge in [-0.25, -0.2) is 4.39 Å². The van der Waals surface area contributed by atoms with Gasteiger partial charge in [-0.2, -0.15) is 0 Å². The van der Waals surface area contributed by atoms with E-state index in [1.54, 1.807) is 18.2 Å². The maximum Gasteiger partial charge on any atom is 0.257 e. The van der Waals surface area contributed by atoms with E-state index in [1.807, 2.05) is 4.90 Å². The highest BCUT2D eigenvalue weighted by Gasteiger charge is 2.35. The monoisotopic (exact) mass is 292 g/mol. The van der Waals surface area contributed by atoms with Crippen LogP contribution in [0, 0.1) is 17.7 Å². The first kappa shape index (κ1) is 16.0. The van der Waals surface area contributed by atoms with Crippen molar-refractivity contribution in [2.75, 3.05) is 13.1 Å². The topological polar surface area (TPSA) is 32.3 Å². The molecule has 21 heavy (non-hydrogen) atoms. The number of rotatable bonds is 3. The summed E-state index contributed by atoms with van der Waals surface area (Å²) in [6.07, 6.45) is 0. The number of carbonyl (C=O) groups is 1. The summed E-state index contributed by atoms with van der Waals surface area (Å²) in [5, 5.41) is 3.51. The van der Waals surface area contributed by atoms with Crippen molar-refractivity contribution < 1.29 is 9.18 Å². The molecule has 0 radical (unpaired) electrons. The number of amides is 1. The van der Waals surface area contributed by atoms with E-state index in [4.69, 9.17) is 0 Å². The van der Waals surface area contributed by atoms with Crippen molar-refractivity contribution in [3.63, 3.8) is 0 Å². The number of benzene rings is 1. The van der Waals surface area contributed by atoms with Crippen LogP contribution >= 0.6 is 0 Å². The smallest absolute Gasteiger partial charge is 0.257 e. The summed E-state index contributed by atoms with van der Waals surface area (Å²) in [5.41, 5.74) is 0.174.